The monoisotopic (exact) mass is 745 g/mol. The molecule has 11 aromatic rings. The molecule has 0 spiro atoms. The third-order valence-electron chi connectivity index (χ3n) is 11.1. The van der Waals surface area contributed by atoms with Gasteiger partial charge in [0.2, 0.25) is 0 Å². The fraction of sp³-hybridized carbons (Fsp3) is 0. The zero-order valence-electron chi connectivity index (χ0n) is 31.0. The van der Waals surface area contributed by atoms with Gasteiger partial charge in [0.1, 0.15) is 5.58 Å². The van der Waals surface area contributed by atoms with E-state index in [4.69, 9.17) is 4.42 Å². The molecule has 0 N–H and O–H groups in total. The first kappa shape index (κ1) is 33.2. The third-order valence-corrected chi connectivity index (χ3v) is 12.4. The lowest BCUT2D eigenvalue weighted by Crippen LogP contribution is -2.10. The molecule has 11 rings (SSSR count). The molecule has 0 amide bonds. The van der Waals surface area contributed by atoms with Crippen LogP contribution < -0.4 is 4.90 Å². The number of hydrogen-bond acceptors (Lipinski definition) is 3. The van der Waals surface area contributed by atoms with Gasteiger partial charge in [-0.15, -0.1) is 11.3 Å². The summed E-state index contributed by atoms with van der Waals surface area (Å²) in [4.78, 5) is 2.31. The Morgan fingerprint density at radius 1 is 0.333 bits per heavy atom. The van der Waals surface area contributed by atoms with Crippen molar-refractivity contribution in [2.75, 3.05) is 4.90 Å². The highest BCUT2D eigenvalue weighted by Crippen LogP contribution is 2.45. The van der Waals surface area contributed by atoms with Crippen molar-refractivity contribution in [3.05, 3.63) is 212 Å². The number of furan rings is 1. The molecule has 0 bridgehead atoms. The average molecular weight is 746 g/mol. The molecule has 0 aliphatic heterocycles. The Hall–Kier alpha value is -7.20. The maximum absolute atomic E-state index is 6.59. The van der Waals surface area contributed by atoms with E-state index in [2.05, 4.69) is 205 Å². The molecule has 0 aliphatic rings. The van der Waals surface area contributed by atoms with Crippen LogP contribution in [0.15, 0.2) is 217 Å². The lowest BCUT2D eigenvalue weighted by Gasteiger charge is -2.26. The SMILES string of the molecule is c1ccc(-c2ccc(N(c3ccc(-c4cccc(-c5cccc6c5sc5c(-c7ccccc7)cccc56)c4)cc3)c3cccc4c3oc3ccccc34)cc2)cc1. The molecule has 0 fully saturated rings. The molecule has 0 aliphatic carbocycles. The number of para-hydroxylation sites is 2. The quantitative estimate of drug-likeness (QED) is 0.162. The summed E-state index contributed by atoms with van der Waals surface area (Å²) in [6.07, 6.45) is 0. The minimum absolute atomic E-state index is 0.869. The highest BCUT2D eigenvalue weighted by Gasteiger charge is 2.20. The molecule has 0 saturated carbocycles. The van der Waals surface area contributed by atoms with Gasteiger partial charge >= 0.3 is 0 Å². The number of benzene rings is 9. The van der Waals surface area contributed by atoms with Crippen molar-refractivity contribution in [1.82, 2.24) is 0 Å². The second-order valence-corrected chi connectivity index (χ2v) is 15.5. The molecule has 2 nitrogen and oxygen atoms in total. The second-order valence-electron chi connectivity index (χ2n) is 14.5. The maximum atomic E-state index is 6.59. The van der Waals surface area contributed by atoms with Gasteiger partial charge in [0.05, 0.1) is 5.69 Å². The smallest absolute Gasteiger partial charge is 0.159 e. The Balaban J connectivity index is 0.991. The minimum Gasteiger partial charge on any atom is -0.454 e. The summed E-state index contributed by atoms with van der Waals surface area (Å²) in [5.74, 6) is 0. The van der Waals surface area contributed by atoms with Crippen molar-refractivity contribution < 1.29 is 4.42 Å². The van der Waals surface area contributed by atoms with Crippen LogP contribution in [-0.2, 0) is 0 Å². The van der Waals surface area contributed by atoms with Crippen molar-refractivity contribution in [1.29, 1.82) is 0 Å². The van der Waals surface area contributed by atoms with Gasteiger partial charge in [-0.2, -0.15) is 0 Å². The number of nitrogens with zero attached hydrogens (tertiary/aromatic N) is 1. The highest BCUT2D eigenvalue weighted by molar-refractivity contribution is 7.26. The van der Waals surface area contributed by atoms with Crippen LogP contribution in [-0.4, -0.2) is 0 Å². The van der Waals surface area contributed by atoms with E-state index >= 15 is 0 Å². The predicted octanol–water partition coefficient (Wildman–Crippen LogP) is 16.1. The molecule has 3 heteroatoms. The summed E-state index contributed by atoms with van der Waals surface area (Å²) in [5.41, 5.74) is 14.6. The molecule has 2 heterocycles. The van der Waals surface area contributed by atoms with Crippen molar-refractivity contribution >= 4 is 70.5 Å². The Bertz CT molecular complexity index is 3210. The normalized spacial score (nSPS) is 11.5. The fourth-order valence-corrected chi connectivity index (χ4v) is 9.70. The molecular formula is C54H35NOS. The Morgan fingerprint density at radius 2 is 0.807 bits per heavy atom. The first-order chi connectivity index (χ1) is 28.3. The van der Waals surface area contributed by atoms with E-state index in [1.807, 2.05) is 23.5 Å². The summed E-state index contributed by atoms with van der Waals surface area (Å²) in [6.45, 7) is 0. The van der Waals surface area contributed by atoms with E-state index in [9.17, 15) is 0 Å². The van der Waals surface area contributed by atoms with E-state index in [-0.39, 0.29) is 0 Å². The van der Waals surface area contributed by atoms with Gasteiger partial charge < -0.3 is 9.32 Å². The standard InChI is InChI=1S/C54H35NOS/c1-3-13-36(14-4-1)37-27-31-42(32-28-37)55(50-25-12-22-47-46-19-7-8-26-51(46)56-52(47)50)43-33-29-38(30-34-43)40-17-9-18-41(35-40)45-21-11-24-49-48-23-10-20-44(53(48)57-54(45)49)39-15-5-2-6-16-39/h1-35H. The first-order valence-corrected chi connectivity index (χ1v) is 20.1. The van der Waals surface area contributed by atoms with Crippen molar-refractivity contribution in [2.24, 2.45) is 0 Å². The topological polar surface area (TPSA) is 16.4 Å². The van der Waals surface area contributed by atoms with Crippen LogP contribution in [0.4, 0.5) is 17.1 Å². The summed E-state index contributed by atoms with van der Waals surface area (Å²) in [7, 11) is 0. The third kappa shape index (κ3) is 5.80. The number of hydrogen-bond donors (Lipinski definition) is 0. The van der Waals surface area contributed by atoms with Crippen LogP contribution in [0.5, 0.6) is 0 Å². The van der Waals surface area contributed by atoms with E-state index in [1.54, 1.807) is 0 Å². The average Bonchev–Trinajstić information content (AvgIpc) is 3.87. The number of thiophene rings is 1. The largest absolute Gasteiger partial charge is 0.454 e. The van der Waals surface area contributed by atoms with Crippen LogP contribution in [0.2, 0.25) is 0 Å². The van der Waals surface area contributed by atoms with Gasteiger partial charge in [-0.25, -0.2) is 0 Å². The van der Waals surface area contributed by atoms with Crippen molar-refractivity contribution in [2.45, 2.75) is 0 Å². The van der Waals surface area contributed by atoms with Gasteiger partial charge in [-0.05, 0) is 87.0 Å². The van der Waals surface area contributed by atoms with E-state index in [0.717, 1.165) is 44.6 Å². The number of rotatable bonds is 7. The van der Waals surface area contributed by atoms with E-state index < -0.39 is 0 Å². The van der Waals surface area contributed by atoms with Crippen LogP contribution >= 0.6 is 11.3 Å². The van der Waals surface area contributed by atoms with Crippen LogP contribution in [0, 0.1) is 0 Å². The molecule has 57 heavy (non-hydrogen) atoms. The molecule has 0 saturated heterocycles. The molecule has 0 unspecified atom stereocenters. The lowest BCUT2D eigenvalue weighted by molar-refractivity contribution is 0.669. The fourth-order valence-electron chi connectivity index (χ4n) is 8.33. The van der Waals surface area contributed by atoms with Gasteiger partial charge in [0.25, 0.3) is 0 Å². The summed E-state index contributed by atoms with van der Waals surface area (Å²) >= 11 is 1.90. The summed E-state index contributed by atoms with van der Waals surface area (Å²) in [5, 5.41) is 4.83. The minimum atomic E-state index is 0.869. The Morgan fingerprint density at radius 3 is 1.49 bits per heavy atom. The van der Waals surface area contributed by atoms with Crippen LogP contribution in [0.3, 0.4) is 0 Å². The molecule has 9 aromatic carbocycles. The number of anilines is 3. The predicted molar refractivity (Wildman–Crippen MR) is 243 cm³/mol. The molecular weight excluding hydrogens is 711 g/mol. The molecule has 2 aromatic heterocycles. The zero-order chi connectivity index (χ0) is 37.7. The van der Waals surface area contributed by atoms with E-state index in [0.29, 0.717) is 0 Å². The zero-order valence-corrected chi connectivity index (χ0v) is 31.8. The maximum Gasteiger partial charge on any atom is 0.159 e. The van der Waals surface area contributed by atoms with Gasteiger partial charge in [0, 0.05) is 42.3 Å². The Kier molecular flexibility index (Phi) is 8.04. The molecule has 268 valence electrons. The Labute approximate surface area is 335 Å². The van der Waals surface area contributed by atoms with Crippen molar-refractivity contribution in [3.63, 3.8) is 0 Å². The van der Waals surface area contributed by atoms with E-state index in [1.165, 1.54) is 59.1 Å². The first-order valence-electron chi connectivity index (χ1n) is 19.3. The van der Waals surface area contributed by atoms with Crippen LogP contribution in [0.25, 0.3) is 86.6 Å². The second kappa shape index (κ2) is 13.8. The summed E-state index contributed by atoms with van der Waals surface area (Å²) < 4.78 is 9.23. The molecule has 0 radical (unpaired) electrons. The lowest BCUT2D eigenvalue weighted by atomic mass is 9.97. The van der Waals surface area contributed by atoms with Gasteiger partial charge in [-0.3, -0.25) is 0 Å². The van der Waals surface area contributed by atoms with Gasteiger partial charge in [-0.1, -0.05) is 170 Å². The molecule has 0 atom stereocenters. The van der Waals surface area contributed by atoms with Crippen LogP contribution in [0.1, 0.15) is 0 Å². The summed E-state index contributed by atoms with van der Waals surface area (Å²) in [6, 6.07) is 76.1. The number of fused-ring (bicyclic) bond motifs is 6. The highest BCUT2D eigenvalue weighted by atomic mass is 32.1. The van der Waals surface area contributed by atoms with Crippen molar-refractivity contribution in [3.8, 4) is 44.5 Å². The van der Waals surface area contributed by atoms with Gasteiger partial charge in [0.15, 0.2) is 5.58 Å².